The van der Waals surface area contributed by atoms with Crippen LogP contribution in [0.1, 0.15) is 25.9 Å². The molecule has 5 aromatic rings. The van der Waals surface area contributed by atoms with Crippen LogP contribution in [-0.4, -0.2) is 13.3 Å². The molecular weight excluding hydrogens is 489 g/mol. The van der Waals surface area contributed by atoms with Gasteiger partial charge in [0.15, 0.2) is 0 Å². The second-order valence-corrected chi connectivity index (χ2v) is 20.3. The van der Waals surface area contributed by atoms with Crippen LogP contribution in [0.3, 0.4) is 0 Å². The molecule has 6 rings (SSSR count). The number of nitriles is 1. The Morgan fingerprint density at radius 1 is 0.971 bits per heavy atom. The number of furan rings is 1. The van der Waals surface area contributed by atoms with Crippen molar-refractivity contribution in [2.24, 2.45) is 7.05 Å². The van der Waals surface area contributed by atoms with Gasteiger partial charge in [0.25, 0.3) is 0 Å². The standard InChI is InChI=1S/C31H29GeN2O/c1-20-13-15-24-25-16-14-21(19-33)29(23-9-7-11-26-22(23)10-8-17-32(26,2)3)31(25)35-30(24)28(20)27-12-5-6-18-34(27)4/h5-7,9,11-16,18H,8,10,17H2,1-4H3/q+1/i10D2. The van der Waals surface area contributed by atoms with E-state index < -0.39 is 19.6 Å². The monoisotopic (exact) mass is 521 g/mol. The summed E-state index contributed by atoms with van der Waals surface area (Å²) in [4.78, 5) is 0. The summed E-state index contributed by atoms with van der Waals surface area (Å²) >= 11 is -2.39. The van der Waals surface area contributed by atoms with E-state index in [0.29, 0.717) is 23.1 Å². The van der Waals surface area contributed by atoms with Gasteiger partial charge in [0.2, 0.25) is 0 Å². The number of aryl methyl sites for hydroxylation is 2. The summed E-state index contributed by atoms with van der Waals surface area (Å²) in [6, 6.07) is 22.7. The molecule has 0 N–H and O–H groups in total. The van der Waals surface area contributed by atoms with E-state index in [-0.39, 0.29) is 0 Å². The molecule has 1 aliphatic rings. The predicted octanol–water partition coefficient (Wildman–Crippen LogP) is 6.79. The summed E-state index contributed by atoms with van der Waals surface area (Å²) in [7, 11) is 2.03. The Kier molecular flexibility index (Phi) is 4.61. The second-order valence-electron chi connectivity index (χ2n) is 10.2. The van der Waals surface area contributed by atoms with E-state index in [9.17, 15) is 5.26 Å². The maximum atomic E-state index is 10.2. The van der Waals surface area contributed by atoms with E-state index in [1.807, 2.05) is 49.6 Å². The Hall–Kier alpha value is -3.36. The summed E-state index contributed by atoms with van der Waals surface area (Å²) < 4.78 is 28.0. The van der Waals surface area contributed by atoms with Crippen molar-refractivity contribution in [2.45, 2.75) is 36.5 Å². The van der Waals surface area contributed by atoms with Crippen molar-refractivity contribution in [3.05, 3.63) is 83.6 Å². The topological polar surface area (TPSA) is 40.8 Å². The third kappa shape index (κ3) is 3.35. The predicted molar refractivity (Wildman–Crippen MR) is 145 cm³/mol. The Bertz CT molecular complexity index is 1780. The van der Waals surface area contributed by atoms with Crippen LogP contribution in [0.15, 0.2) is 71.3 Å². The van der Waals surface area contributed by atoms with Gasteiger partial charge in [-0.15, -0.1) is 0 Å². The molecule has 35 heavy (non-hydrogen) atoms. The van der Waals surface area contributed by atoms with Crippen LogP contribution in [0.5, 0.6) is 0 Å². The van der Waals surface area contributed by atoms with Crippen LogP contribution in [0.2, 0.25) is 16.8 Å². The van der Waals surface area contributed by atoms with Gasteiger partial charge in [0.1, 0.15) is 0 Å². The molecule has 0 unspecified atom stereocenters. The Balaban J connectivity index is 1.75. The molecule has 0 atom stereocenters. The van der Waals surface area contributed by atoms with E-state index in [0.717, 1.165) is 49.6 Å². The zero-order valence-corrected chi connectivity index (χ0v) is 22.7. The molecule has 1 aliphatic heterocycles. The van der Waals surface area contributed by atoms with E-state index in [1.54, 1.807) is 0 Å². The van der Waals surface area contributed by atoms with Crippen molar-refractivity contribution in [3.63, 3.8) is 0 Å². The molecule has 0 fully saturated rings. The number of aromatic nitrogens is 1. The average Bonchev–Trinajstić information content (AvgIpc) is 3.25. The van der Waals surface area contributed by atoms with Crippen LogP contribution in [0, 0.1) is 18.3 Å². The van der Waals surface area contributed by atoms with Gasteiger partial charge in [0.05, 0.1) is 0 Å². The maximum absolute atomic E-state index is 10.2. The molecule has 3 nitrogen and oxygen atoms in total. The number of nitrogens with zero attached hydrogens (tertiary/aromatic N) is 2. The number of benzene rings is 3. The average molecular weight is 520 g/mol. The van der Waals surface area contributed by atoms with Crippen molar-refractivity contribution in [3.8, 4) is 28.5 Å². The third-order valence-electron chi connectivity index (χ3n) is 7.56. The van der Waals surface area contributed by atoms with Crippen molar-refractivity contribution >= 4 is 39.6 Å². The molecule has 3 heterocycles. The van der Waals surface area contributed by atoms with Gasteiger partial charge in [0, 0.05) is 0 Å². The quantitative estimate of drug-likeness (QED) is 0.190. The van der Waals surface area contributed by atoms with Gasteiger partial charge in [-0.2, -0.15) is 0 Å². The number of hydrogen-bond donors (Lipinski definition) is 0. The van der Waals surface area contributed by atoms with Crippen molar-refractivity contribution < 1.29 is 11.7 Å². The molecule has 0 amide bonds. The number of hydrogen-bond acceptors (Lipinski definition) is 2. The summed E-state index contributed by atoms with van der Waals surface area (Å²) in [6.07, 6.45) is 1.10. The molecule has 0 bridgehead atoms. The fourth-order valence-corrected chi connectivity index (χ4v) is 10.8. The summed E-state index contributed by atoms with van der Waals surface area (Å²) in [5.74, 6) is 4.72. The first-order valence-electron chi connectivity index (χ1n) is 13.1. The molecule has 0 saturated heterocycles. The van der Waals surface area contributed by atoms with Gasteiger partial charge >= 0.3 is 212 Å². The summed E-state index contributed by atoms with van der Waals surface area (Å²) in [5.41, 5.74) is 7.41. The molecule has 4 heteroatoms. The SMILES string of the molecule is [2H]C1([2H])C[CH2][Ge]([CH3])([CH3])[c]2cccc(-c3c(C#N)ccc4c3oc3c(-c5cccc[n+]5C)c(C)ccc34)c21. The van der Waals surface area contributed by atoms with Crippen LogP contribution in [-0.2, 0) is 13.4 Å². The number of fused-ring (bicyclic) bond motifs is 4. The van der Waals surface area contributed by atoms with Gasteiger partial charge in [-0.25, -0.2) is 0 Å². The number of rotatable bonds is 2. The Morgan fingerprint density at radius 2 is 1.74 bits per heavy atom. The van der Waals surface area contributed by atoms with E-state index in [2.05, 4.69) is 53.3 Å². The molecule has 2 aromatic heterocycles. The first-order valence-corrected chi connectivity index (χ1v) is 18.9. The van der Waals surface area contributed by atoms with Crippen molar-refractivity contribution in [1.29, 1.82) is 5.26 Å². The fourth-order valence-electron chi connectivity index (χ4n) is 5.61. The van der Waals surface area contributed by atoms with Crippen LogP contribution < -0.4 is 8.96 Å². The van der Waals surface area contributed by atoms with Gasteiger partial charge in [-0.1, -0.05) is 0 Å². The summed E-state index contributed by atoms with van der Waals surface area (Å²) in [5, 5.41) is 13.1. The molecule has 172 valence electrons. The first-order chi connectivity index (χ1) is 17.6. The Morgan fingerprint density at radius 3 is 2.51 bits per heavy atom. The van der Waals surface area contributed by atoms with E-state index in [4.69, 9.17) is 7.16 Å². The van der Waals surface area contributed by atoms with Crippen molar-refractivity contribution in [1.82, 2.24) is 0 Å². The van der Waals surface area contributed by atoms with Crippen LogP contribution in [0.4, 0.5) is 0 Å². The minimum absolute atomic E-state index is 0.509. The molecule has 0 aliphatic carbocycles. The third-order valence-corrected chi connectivity index (χ3v) is 14.6. The molecule has 0 radical (unpaired) electrons. The van der Waals surface area contributed by atoms with Gasteiger partial charge < -0.3 is 0 Å². The first kappa shape index (κ1) is 19.9. The van der Waals surface area contributed by atoms with Crippen LogP contribution in [0.25, 0.3) is 44.3 Å². The molecule has 3 aromatic carbocycles. The number of pyridine rings is 1. The van der Waals surface area contributed by atoms with Gasteiger partial charge in [-0.05, 0) is 0 Å². The minimum atomic E-state index is -2.39. The fraction of sp³-hybridized carbons (Fsp3) is 0.226. The van der Waals surface area contributed by atoms with Crippen LogP contribution >= 0.6 is 0 Å². The molecule has 0 saturated carbocycles. The second kappa shape index (κ2) is 8.10. The van der Waals surface area contributed by atoms with E-state index in [1.165, 1.54) is 4.40 Å². The normalized spacial score (nSPS) is 17.0. The van der Waals surface area contributed by atoms with Crippen molar-refractivity contribution in [2.75, 3.05) is 0 Å². The zero-order chi connectivity index (χ0) is 26.1. The molecule has 0 spiro atoms. The van der Waals surface area contributed by atoms with E-state index >= 15 is 0 Å². The van der Waals surface area contributed by atoms with Gasteiger partial charge in [-0.3, -0.25) is 0 Å². The summed E-state index contributed by atoms with van der Waals surface area (Å²) in [6.45, 7) is 2.09. The molecular formula is C31H29GeN2O+. The zero-order valence-electron chi connectivity index (χ0n) is 22.6. The Labute approximate surface area is 211 Å².